The smallest absolute Gasteiger partial charge is 0.224 e. The van der Waals surface area contributed by atoms with Gasteiger partial charge in [-0.2, -0.15) is 4.98 Å². The van der Waals surface area contributed by atoms with Crippen LogP contribution in [0.3, 0.4) is 0 Å². The van der Waals surface area contributed by atoms with Crippen LogP contribution >= 0.6 is 11.3 Å². The van der Waals surface area contributed by atoms with Gasteiger partial charge in [-0.05, 0) is 23.6 Å². The molecular weight excluding hydrogens is 336 g/mol. The van der Waals surface area contributed by atoms with Crippen LogP contribution < -0.4 is 28.1 Å². The van der Waals surface area contributed by atoms with Gasteiger partial charge in [0, 0.05) is 13.9 Å². The number of thiophene rings is 1. The van der Waals surface area contributed by atoms with E-state index in [4.69, 9.17) is 5.84 Å². The standard InChI is InChI=1S/C16H15N7S.H3N.2H2/c17-23-15-11-9-19-16(18-8-10-4-3-7-24-10)22-14(11)20-12-5-1-2-6-13(12)21-15;;;/h1-7,9H,8,17H2,(H,21,23)(H2,18,19,20,22);1H3;2*1H. The molecule has 0 bridgehead atoms. The van der Waals surface area contributed by atoms with Gasteiger partial charge in [0.05, 0.1) is 23.5 Å². The monoisotopic (exact) mass is 358 g/mol. The summed E-state index contributed by atoms with van der Waals surface area (Å²) < 4.78 is 0. The van der Waals surface area contributed by atoms with Gasteiger partial charge in [-0.25, -0.2) is 15.8 Å². The molecule has 0 radical (unpaired) electrons. The molecule has 0 saturated carbocycles. The number of anilines is 3. The lowest BCUT2D eigenvalue weighted by Gasteiger charge is -2.11. The molecule has 3 aromatic rings. The number of aromatic nitrogens is 2. The molecule has 2 aromatic heterocycles. The first kappa shape index (κ1) is 16.8. The minimum Gasteiger partial charge on any atom is -0.349 e. The number of nitrogens with zero attached hydrogens (tertiary/aromatic N) is 3. The third-order valence-electron chi connectivity index (χ3n) is 3.57. The molecular formula is C16H22N8S. The quantitative estimate of drug-likeness (QED) is 0.357. The van der Waals surface area contributed by atoms with Gasteiger partial charge in [-0.3, -0.25) is 0 Å². The number of nitrogens with one attached hydrogen (secondary N) is 3. The van der Waals surface area contributed by atoms with Crippen molar-refractivity contribution in [2.75, 3.05) is 10.6 Å². The lowest BCUT2D eigenvalue weighted by molar-refractivity contribution is 1.01. The van der Waals surface area contributed by atoms with E-state index >= 15 is 0 Å². The number of para-hydroxylation sites is 2. The molecule has 3 heterocycles. The van der Waals surface area contributed by atoms with Crippen molar-refractivity contribution in [3.05, 3.63) is 58.4 Å². The number of amidine groups is 1. The summed E-state index contributed by atoms with van der Waals surface area (Å²) in [6.45, 7) is 0.684. The maximum absolute atomic E-state index is 5.63. The summed E-state index contributed by atoms with van der Waals surface area (Å²) in [4.78, 5) is 14.7. The summed E-state index contributed by atoms with van der Waals surface area (Å²) in [5.41, 5.74) is 5.00. The highest BCUT2D eigenvalue weighted by atomic mass is 32.1. The molecule has 0 spiro atoms. The van der Waals surface area contributed by atoms with Gasteiger partial charge in [-0.15, -0.1) is 11.3 Å². The van der Waals surface area contributed by atoms with Crippen LogP contribution in [0.25, 0.3) is 0 Å². The van der Waals surface area contributed by atoms with Crippen molar-refractivity contribution >= 4 is 40.3 Å². The number of hydrogen-bond acceptors (Lipinski definition) is 9. The van der Waals surface area contributed by atoms with Gasteiger partial charge in [-0.1, -0.05) is 18.2 Å². The van der Waals surface area contributed by atoms with E-state index < -0.39 is 0 Å². The van der Waals surface area contributed by atoms with E-state index in [1.165, 1.54) is 4.88 Å². The van der Waals surface area contributed by atoms with Crippen molar-refractivity contribution in [2.45, 2.75) is 6.54 Å². The van der Waals surface area contributed by atoms with Crippen LogP contribution in [0.4, 0.5) is 23.1 Å². The molecule has 1 aromatic carbocycles. The predicted octanol–water partition coefficient (Wildman–Crippen LogP) is 3.40. The van der Waals surface area contributed by atoms with E-state index in [0.29, 0.717) is 24.1 Å². The zero-order chi connectivity index (χ0) is 16.4. The van der Waals surface area contributed by atoms with Gasteiger partial charge in [0.15, 0.2) is 5.84 Å². The fourth-order valence-corrected chi connectivity index (χ4v) is 3.05. The van der Waals surface area contributed by atoms with E-state index in [1.54, 1.807) is 17.5 Å². The SMILES string of the molecule is N.NNC1=Nc2ccccc2Nc2nc(NCc3cccs3)ncc21.[HH].[HH]. The van der Waals surface area contributed by atoms with E-state index in [-0.39, 0.29) is 9.00 Å². The Labute approximate surface area is 151 Å². The molecule has 0 amide bonds. The summed E-state index contributed by atoms with van der Waals surface area (Å²) >= 11 is 1.69. The molecule has 1 aliphatic rings. The molecule has 8 nitrogen and oxygen atoms in total. The Balaban J connectivity index is 0.00000121. The lowest BCUT2D eigenvalue weighted by Crippen LogP contribution is -2.31. The highest BCUT2D eigenvalue weighted by Gasteiger charge is 2.18. The predicted molar refractivity (Wildman–Crippen MR) is 106 cm³/mol. The van der Waals surface area contributed by atoms with Crippen molar-refractivity contribution in [3.8, 4) is 0 Å². The summed E-state index contributed by atoms with van der Waals surface area (Å²) in [7, 11) is 0. The van der Waals surface area contributed by atoms with Crippen molar-refractivity contribution in [2.24, 2.45) is 10.8 Å². The second-order valence-electron chi connectivity index (χ2n) is 5.14. The Morgan fingerprint density at radius 1 is 1.20 bits per heavy atom. The Morgan fingerprint density at radius 2 is 2.08 bits per heavy atom. The number of hydrogen-bond donors (Lipinski definition) is 5. The van der Waals surface area contributed by atoms with Crippen LogP contribution in [0.5, 0.6) is 0 Å². The molecule has 8 N–H and O–H groups in total. The van der Waals surface area contributed by atoms with Gasteiger partial charge in [0.1, 0.15) is 5.82 Å². The molecule has 132 valence electrons. The van der Waals surface area contributed by atoms with Crippen molar-refractivity contribution in [3.63, 3.8) is 0 Å². The van der Waals surface area contributed by atoms with E-state index in [9.17, 15) is 0 Å². The lowest BCUT2D eigenvalue weighted by atomic mass is 10.2. The molecule has 4 rings (SSSR count). The number of benzene rings is 1. The molecule has 0 saturated heterocycles. The average molecular weight is 358 g/mol. The fraction of sp³-hybridized carbons (Fsp3) is 0.0625. The molecule has 0 fully saturated rings. The Bertz CT molecular complexity index is 901. The number of nitrogens with two attached hydrogens (primary N) is 1. The second-order valence-corrected chi connectivity index (χ2v) is 6.17. The number of rotatable bonds is 3. The maximum Gasteiger partial charge on any atom is 0.224 e. The Morgan fingerprint density at radius 3 is 2.88 bits per heavy atom. The van der Waals surface area contributed by atoms with E-state index in [0.717, 1.165) is 16.9 Å². The second kappa shape index (κ2) is 7.26. The van der Waals surface area contributed by atoms with Crippen LogP contribution in [-0.2, 0) is 6.54 Å². The van der Waals surface area contributed by atoms with E-state index in [1.807, 2.05) is 35.7 Å². The first-order chi connectivity index (χ1) is 11.8. The van der Waals surface area contributed by atoms with Gasteiger partial charge < -0.3 is 22.2 Å². The van der Waals surface area contributed by atoms with Gasteiger partial charge in [0.2, 0.25) is 5.95 Å². The zero-order valence-electron chi connectivity index (χ0n) is 13.4. The Hall–Kier alpha value is -3.01. The van der Waals surface area contributed by atoms with Crippen molar-refractivity contribution in [1.29, 1.82) is 0 Å². The minimum atomic E-state index is 0. The van der Waals surface area contributed by atoms with E-state index in [2.05, 4.69) is 37.1 Å². The molecule has 25 heavy (non-hydrogen) atoms. The topological polar surface area (TPSA) is 135 Å². The summed E-state index contributed by atoms with van der Waals surface area (Å²) in [6, 6.07) is 11.8. The molecule has 0 unspecified atom stereocenters. The molecule has 0 atom stereocenters. The van der Waals surface area contributed by atoms with Gasteiger partial charge >= 0.3 is 0 Å². The molecule has 1 aliphatic heterocycles. The summed E-state index contributed by atoms with van der Waals surface area (Å²) in [5, 5.41) is 8.58. The minimum absolute atomic E-state index is 0. The van der Waals surface area contributed by atoms with Crippen LogP contribution in [-0.4, -0.2) is 15.8 Å². The number of fused-ring (bicyclic) bond motifs is 2. The first-order valence-corrected chi connectivity index (χ1v) is 8.26. The van der Waals surface area contributed by atoms with Crippen molar-refractivity contribution < 1.29 is 2.85 Å². The maximum atomic E-state index is 5.63. The first-order valence-electron chi connectivity index (χ1n) is 7.38. The average Bonchev–Trinajstić information content (AvgIpc) is 3.07. The summed E-state index contributed by atoms with van der Waals surface area (Å²) in [6.07, 6.45) is 1.71. The molecule has 9 heteroatoms. The highest BCUT2D eigenvalue weighted by Crippen LogP contribution is 2.32. The number of aliphatic imine (C=N–C) groups is 1. The largest absolute Gasteiger partial charge is 0.349 e. The third kappa shape index (κ3) is 3.43. The van der Waals surface area contributed by atoms with Gasteiger partial charge in [0.25, 0.3) is 0 Å². The van der Waals surface area contributed by atoms with Crippen LogP contribution in [0.2, 0.25) is 0 Å². The zero-order valence-corrected chi connectivity index (χ0v) is 14.2. The molecule has 0 aliphatic carbocycles. The highest BCUT2D eigenvalue weighted by molar-refractivity contribution is 7.09. The fourth-order valence-electron chi connectivity index (χ4n) is 2.41. The van der Waals surface area contributed by atoms with Crippen LogP contribution in [0.15, 0.2) is 53.0 Å². The van der Waals surface area contributed by atoms with Crippen molar-refractivity contribution in [1.82, 2.24) is 21.5 Å². The third-order valence-corrected chi connectivity index (χ3v) is 4.45. The van der Waals surface area contributed by atoms with Crippen LogP contribution in [0, 0.1) is 0 Å². The number of hydrazine groups is 1. The normalized spacial score (nSPS) is 11.8. The van der Waals surface area contributed by atoms with Crippen LogP contribution in [0.1, 0.15) is 13.3 Å². The Kier molecular flexibility index (Phi) is 4.89. The summed E-state index contributed by atoms with van der Waals surface area (Å²) in [5.74, 6) is 7.35.